The monoisotopic (exact) mass is 218 g/mol. The summed E-state index contributed by atoms with van der Waals surface area (Å²) < 4.78 is 0. The second-order valence-corrected chi connectivity index (χ2v) is 4.01. The zero-order valence-corrected chi connectivity index (χ0v) is 8.77. The van der Waals surface area contributed by atoms with Crippen LogP contribution in [0.1, 0.15) is 24.0 Å². The molecule has 1 fully saturated rings. The van der Waals surface area contributed by atoms with Crippen molar-refractivity contribution in [2.45, 2.75) is 25.3 Å². The summed E-state index contributed by atoms with van der Waals surface area (Å²) in [4.78, 5) is 24.5. The highest BCUT2D eigenvalue weighted by atomic mass is 16.6. The third-order valence-corrected chi connectivity index (χ3v) is 2.83. The molecule has 0 aromatic heterocycles. The maximum absolute atomic E-state index is 10.9. The lowest BCUT2D eigenvalue weighted by molar-refractivity contribution is -0.385. The van der Waals surface area contributed by atoms with Crippen molar-refractivity contribution >= 4 is 11.8 Å². The fraction of sp³-hybridized carbons (Fsp3) is 0.364. The van der Waals surface area contributed by atoms with Gasteiger partial charge in [-0.05, 0) is 25.8 Å². The standard InChI is InChI=1S/C11H10N2O3/c1-8-2-3-10(13(15)16)9(6-8)11(4-5-11)12-7-14/h2-3,6H,4-5H2,1H3. The van der Waals surface area contributed by atoms with Gasteiger partial charge in [-0.2, -0.15) is 4.99 Å². The van der Waals surface area contributed by atoms with Gasteiger partial charge in [-0.3, -0.25) is 10.1 Å². The Kier molecular flexibility index (Phi) is 2.33. The molecule has 2 rings (SSSR count). The van der Waals surface area contributed by atoms with E-state index in [9.17, 15) is 14.9 Å². The van der Waals surface area contributed by atoms with Gasteiger partial charge in [0.25, 0.3) is 5.69 Å². The molecule has 0 saturated heterocycles. The SMILES string of the molecule is Cc1ccc([N+](=O)[O-])c(C2(N=C=O)CC2)c1. The number of nitro groups is 1. The van der Waals surface area contributed by atoms with Gasteiger partial charge in [-0.25, -0.2) is 4.79 Å². The smallest absolute Gasteiger partial charge is 0.258 e. The zero-order valence-electron chi connectivity index (χ0n) is 8.77. The van der Waals surface area contributed by atoms with Crippen molar-refractivity contribution < 1.29 is 9.72 Å². The fourth-order valence-electron chi connectivity index (χ4n) is 1.83. The van der Waals surface area contributed by atoms with Crippen molar-refractivity contribution in [2.75, 3.05) is 0 Å². The molecule has 1 aromatic carbocycles. The highest BCUT2D eigenvalue weighted by molar-refractivity contribution is 5.52. The lowest BCUT2D eigenvalue weighted by atomic mass is 10.0. The van der Waals surface area contributed by atoms with Crippen molar-refractivity contribution in [3.63, 3.8) is 0 Å². The fourth-order valence-corrected chi connectivity index (χ4v) is 1.83. The molecule has 1 aliphatic rings. The van der Waals surface area contributed by atoms with E-state index in [4.69, 9.17) is 0 Å². The van der Waals surface area contributed by atoms with Crippen LogP contribution >= 0.6 is 0 Å². The number of aliphatic imine (C=N–C) groups is 1. The van der Waals surface area contributed by atoms with Crippen LogP contribution in [0.15, 0.2) is 23.2 Å². The third kappa shape index (κ3) is 1.61. The summed E-state index contributed by atoms with van der Waals surface area (Å²) >= 11 is 0. The molecule has 0 bridgehead atoms. The Balaban J connectivity index is 2.58. The minimum Gasteiger partial charge on any atom is -0.258 e. The van der Waals surface area contributed by atoms with Gasteiger partial charge in [-0.15, -0.1) is 0 Å². The van der Waals surface area contributed by atoms with Crippen molar-refractivity contribution in [2.24, 2.45) is 4.99 Å². The Hall–Kier alpha value is -2.00. The normalized spacial score (nSPS) is 16.3. The van der Waals surface area contributed by atoms with Gasteiger partial charge >= 0.3 is 0 Å². The average molecular weight is 218 g/mol. The first-order valence-electron chi connectivity index (χ1n) is 4.94. The first kappa shape index (κ1) is 10.5. The van der Waals surface area contributed by atoms with E-state index in [1.165, 1.54) is 12.1 Å². The molecule has 1 aromatic rings. The van der Waals surface area contributed by atoms with Crippen LogP contribution < -0.4 is 0 Å². The Morgan fingerprint density at radius 3 is 2.69 bits per heavy atom. The predicted octanol–water partition coefficient (Wildman–Crippen LogP) is 2.23. The number of isocyanates is 1. The van der Waals surface area contributed by atoms with Crippen molar-refractivity contribution in [1.29, 1.82) is 0 Å². The Morgan fingerprint density at radius 2 is 2.19 bits per heavy atom. The topological polar surface area (TPSA) is 72.6 Å². The predicted molar refractivity (Wildman–Crippen MR) is 56.9 cm³/mol. The second kappa shape index (κ2) is 3.54. The number of nitro benzene ring substituents is 1. The minimum absolute atomic E-state index is 0.0297. The summed E-state index contributed by atoms with van der Waals surface area (Å²) in [6.07, 6.45) is 2.85. The number of nitrogens with zero attached hydrogens (tertiary/aromatic N) is 2. The van der Waals surface area contributed by atoms with E-state index in [1.807, 2.05) is 6.92 Å². The van der Waals surface area contributed by atoms with Gasteiger partial charge in [0.15, 0.2) is 0 Å². The number of hydrogen-bond acceptors (Lipinski definition) is 4. The van der Waals surface area contributed by atoms with Gasteiger partial charge in [-0.1, -0.05) is 11.6 Å². The molecule has 82 valence electrons. The van der Waals surface area contributed by atoms with E-state index < -0.39 is 10.5 Å². The molecule has 0 N–H and O–H groups in total. The minimum atomic E-state index is -0.684. The lowest BCUT2D eigenvalue weighted by Gasteiger charge is -2.09. The van der Waals surface area contributed by atoms with Crippen LogP contribution in [0.5, 0.6) is 0 Å². The first-order chi connectivity index (χ1) is 7.59. The highest BCUT2D eigenvalue weighted by Crippen LogP contribution is 2.52. The first-order valence-corrected chi connectivity index (χ1v) is 4.94. The highest BCUT2D eigenvalue weighted by Gasteiger charge is 2.48. The van der Waals surface area contributed by atoms with E-state index >= 15 is 0 Å². The van der Waals surface area contributed by atoms with Crippen LogP contribution in [0.25, 0.3) is 0 Å². The van der Waals surface area contributed by atoms with Crippen molar-refractivity contribution in [1.82, 2.24) is 0 Å². The molecule has 0 spiro atoms. The molecule has 1 saturated carbocycles. The quantitative estimate of drug-likeness (QED) is 0.338. The van der Waals surface area contributed by atoms with Crippen LogP contribution in [-0.2, 0) is 10.3 Å². The zero-order chi connectivity index (χ0) is 11.8. The maximum Gasteiger partial charge on any atom is 0.275 e. The van der Waals surface area contributed by atoms with E-state index in [0.717, 1.165) is 5.56 Å². The molecular weight excluding hydrogens is 208 g/mol. The molecule has 1 aliphatic carbocycles. The van der Waals surface area contributed by atoms with E-state index in [0.29, 0.717) is 18.4 Å². The Labute approximate surface area is 92.0 Å². The molecule has 0 radical (unpaired) electrons. The molecule has 0 amide bonds. The molecule has 0 aliphatic heterocycles. The maximum atomic E-state index is 10.9. The summed E-state index contributed by atoms with van der Waals surface area (Å²) in [6, 6.07) is 4.87. The van der Waals surface area contributed by atoms with Crippen LogP contribution in [0, 0.1) is 17.0 Å². The summed E-state index contributed by atoms with van der Waals surface area (Å²) in [5.74, 6) is 0. The number of hydrogen-bond donors (Lipinski definition) is 0. The summed E-state index contributed by atoms with van der Waals surface area (Å²) in [5, 5.41) is 10.9. The molecule has 5 nitrogen and oxygen atoms in total. The second-order valence-electron chi connectivity index (χ2n) is 4.01. The Bertz CT molecular complexity index is 500. The van der Waals surface area contributed by atoms with E-state index in [2.05, 4.69) is 4.99 Å². The van der Waals surface area contributed by atoms with E-state index in [-0.39, 0.29) is 5.69 Å². The molecule has 0 heterocycles. The number of benzene rings is 1. The number of rotatable bonds is 3. The number of carbonyl (C=O) groups excluding carboxylic acids is 1. The average Bonchev–Trinajstić information content (AvgIpc) is 2.99. The van der Waals surface area contributed by atoms with E-state index in [1.54, 1.807) is 12.1 Å². The summed E-state index contributed by atoms with van der Waals surface area (Å²) in [7, 11) is 0. The van der Waals surface area contributed by atoms with Crippen molar-refractivity contribution in [3.8, 4) is 0 Å². The molecule has 5 heteroatoms. The largest absolute Gasteiger partial charge is 0.275 e. The third-order valence-electron chi connectivity index (χ3n) is 2.83. The van der Waals surface area contributed by atoms with Gasteiger partial charge < -0.3 is 0 Å². The van der Waals surface area contributed by atoms with Crippen LogP contribution in [0.2, 0.25) is 0 Å². The van der Waals surface area contributed by atoms with Gasteiger partial charge in [0.2, 0.25) is 6.08 Å². The molecule has 0 unspecified atom stereocenters. The van der Waals surface area contributed by atoms with Crippen LogP contribution in [-0.4, -0.2) is 11.0 Å². The summed E-state index contributed by atoms with van der Waals surface area (Å²) in [6.45, 7) is 1.86. The van der Waals surface area contributed by atoms with Gasteiger partial charge in [0.05, 0.1) is 10.5 Å². The van der Waals surface area contributed by atoms with Crippen LogP contribution in [0.4, 0.5) is 5.69 Å². The molecular formula is C11H10N2O3. The van der Waals surface area contributed by atoms with Gasteiger partial charge in [0.1, 0.15) is 5.54 Å². The van der Waals surface area contributed by atoms with Gasteiger partial charge in [0, 0.05) is 6.07 Å². The molecule has 0 atom stereocenters. The lowest BCUT2D eigenvalue weighted by Crippen LogP contribution is -2.07. The summed E-state index contributed by atoms with van der Waals surface area (Å²) in [5.41, 5.74) is 0.798. The Morgan fingerprint density at radius 1 is 1.50 bits per heavy atom. The molecule has 16 heavy (non-hydrogen) atoms. The van der Waals surface area contributed by atoms with Crippen LogP contribution in [0.3, 0.4) is 0 Å². The van der Waals surface area contributed by atoms with Crippen molar-refractivity contribution in [3.05, 3.63) is 39.4 Å². The number of aryl methyl sites for hydroxylation is 1.